The summed E-state index contributed by atoms with van der Waals surface area (Å²) in [6, 6.07) is 19.2. The number of benzene rings is 2. The summed E-state index contributed by atoms with van der Waals surface area (Å²) in [4.78, 5) is 17.4. The van der Waals surface area contributed by atoms with Crippen LogP contribution in [0.2, 0.25) is 0 Å². The second-order valence-electron chi connectivity index (χ2n) is 6.20. The third-order valence-corrected chi connectivity index (χ3v) is 4.56. The Morgan fingerprint density at radius 3 is 2.48 bits per heavy atom. The second kappa shape index (κ2) is 6.39. The lowest BCUT2D eigenvalue weighted by Gasteiger charge is -2.36. The Kier molecular flexibility index (Phi) is 3.93. The van der Waals surface area contributed by atoms with Crippen molar-refractivity contribution in [3.05, 3.63) is 72.6 Å². The Morgan fingerprint density at radius 2 is 1.76 bits per heavy atom. The minimum absolute atomic E-state index is 0.0406. The number of hydrogen-bond acceptors (Lipinski definition) is 4. The van der Waals surface area contributed by atoms with E-state index in [0.29, 0.717) is 5.95 Å². The van der Waals surface area contributed by atoms with Crippen molar-refractivity contribution in [3.63, 3.8) is 0 Å². The molecule has 25 heavy (non-hydrogen) atoms. The summed E-state index contributed by atoms with van der Waals surface area (Å²) in [7, 11) is 0. The number of carbonyl (C=O) groups excluding carboxylic acids is 1. The summed E-state index contributed by atoms with van der Waals surface area (Å²) in [5.74, 6) is 0.322. The van der Waals surface area contributed by atoms with Crippen LogP contribution in [0.25, 0.3) is 0 Å². The Labute approximate surface area is 145 Å². The fraction of sp³-hybridized carbons (Fsp3) is 0.211. The predicted octanol–water partition coefficient (Wildman–Crippen LogP) is 2.94. The quantitative estimate of drug-likeness (QED) is 0.773. The van der Waals surface area contributed by atoms with Crippen molar-refractivity contribution < 1.29 is 4.79 Å². The van der Waals surface area contributed by atoms with Crippen molar-refractivity contribution in [3.8, 4) is 0 Å². The Morgan fingerprint density at radius 1 is 1.08 bits per heavy atom. The van der Waals surface area contributed by atoms with Gasteiger partial charge in [-0.2, -0.15) is 10.1 Å². The van der Waals surface area contributed by atoms with Gasteiger partial charge >= 0.3 is 0 Å². The lowest BCUT2D eigenvalue weighted by Crippen LogP contribution is -2.46. The average molecular weight is 333 g/mol. The van der Waals surface area contributed by atoms with Crippen molar-refractivity contribution in [1.29, 1.82) is 0 Å². The highest BCUT2D eigenvalue weighted by atomic mass is 16.2. The summed E-state index contributed by atoms with van der Waals surface area (Å²) >= 11 is 0. The number of aromatic nitrogens is 3. The number of para-hydroxylation sites is 1. The molecule has 0 fully saturated rings. The molecule has 0 spiro atoms. The van der Waals surface area contributed by atoms with Gasteiger partial charge in [0.15, 0.2) is 0 Å². The SMILES string of the molecule is C[C@@H]1Nc2ncnn2[C@H](c2ccccc2)[C@@H]1C(=O)Nc1ccccc1. The molecule has 6 heteroatoms. The summed E-state index contributed by atoms with van der Waals surface area (Å²) in [6.45, 7) is 2.00. The monoisotopic (exact) mass is 333 g/mol. The maximum Gasteiger partial charge on any atom is 0.232 e. The van der Waals surface area contributed by atoms with Gasteiger partial charge in [0.2, 0.25) is 11.9 Å². The van der Waals surface area contributed by atoms with E-state index < -0.39 is 0 Å². The molecule has 1 amide bonds. The van der Waals surface area contributed by atoms with Crippen molar-refractivity contribution in [2.24, 2.45) is 5.92 Å². The highest BCUT2D eigenvalue weighted by Gasteiger charge is 2.41. The summed E-state index contributed by atoms with van der Waals surface area (Å²) in [5, 5.41) is 10.7. The summed E-state index contributed by atoms with van der Waals surface area (Å²) in [6.07, 6.45) is 1.52. The smallest absolute Gasteiger partial charge is 0.232 e. The zero-order valence-electron chi connectivity index (χ0n) is 13.8. The first-order valence-corrected chi connectivity index (χ1v) is 8.31. The van der Waals surface area contributed by atoms with Crippen LogP contribution < -0.4 is 10.6 Å². The van der Waals surface area contributed by atoms with Crippen LogP contribution in [0, 0.1) is 5.92 Å². The molecular weight excluding hydrogens is 314 g/mol. The van der Waals surface area contributed by atoms with E-state index >= 15 is 0 Å². The van der Waals surface area contributed by atoms with Gasteiger partial charge in [0.1, 0.15) is 6.33 Å². The molecule has 2 aromatic carbocycles. The van der Waals surface area contributed by atoms with Gasteiger partial charge in [-0.15, -0.1) is 0 Å². The molecule has 2 N–H and O–H groups in total. The van der Waals surface area contributed by atoms with Crippen LogP contribution in [-0.2, 0) is 4.79 Å². The van der Waals surface area contributed by atoms with Crippen LogP contribution in [0.5, 0.6) is 0 Å². The van der Waals surface area contributed by atoms with Gasteiger partial charge in [-0.3, -0.25) is 4.79 Å². The molecule has 3 aromatic rings. The van der Waals surface area contributed by atoms with Crippen molar-refractivity contribution in [1.82, 2.24) is 14.8 Å². The van der Waals surface area contributed by atoms with Crippen LogP contribution in [0.4, 0.5) is 11.6 Å². The molecule has 3 atom stereocenters. The first-order valence-electron chi connectivity index (χ1n) is 8.31. The molecule has 4 rings (SSSR count). The van der Waals surface area contributed by atoms with Crippen LogP contribution in [0.15, 0.2) is 67.0 Å². The van der Waals surface area contributed by atoms with E-state index in [2.05, 4.69) is 20.7 Å². The topological polar surface area (TPSA) is 71.8 Å². The molecule has 0 saturated heterocycles. The predicted molar refractivity (Wildman–Crippen MR) is 96.2 cm³/mol. The minimum Gasteiger partial charge on any atom is -0.351 e. The maximum atomic E-state index is 13.1. The molecule has 1 aromatic heterocycles. The standard InChI is InChI=1S/C19H19N5O/c1-13-16(18(25)23-15-10-6-3-7-11-15)17(14-8-4-2-5-9-14)24-19(22-13)20-12-21-24/h2-13,16-17H,1H3,(H,23,25)(H,20,21,22)/t13-,16+,17+/m0/s1. The number of anilines is 2. The third kappa shape index (κ3) is 2.87. The van der Waals surface area contributed by atoms with Gasteiger partial charge in [0.25, 0.3) is 0 Å². The number of rotatable bonds is 3. The van der Waals surface area contributed by atoms with E-state index in [0.717, 1.165) is 11.3 Å². The number of fused-ring (bicyclic) bond motifs is 1. The first kappa shape index (κ1) is 15.4. The van der Waals surface area contributed by atoms with E-state index in [1.54, 1.807) is 4.68 Å². The molecule has 2 heterocycles. The van der Waals surface area contributed by atoms with E-state index in [4.69, 9.17) is 0 Å². The lowest BCUT2D eigenvalue weighted by molar-refractivity contribution is -0.121. The highest BCUT2D eigenvalue weighted by molar-refractivity contribution is 5.94. The van der Waals surface area contributed by atoms with E-state index in [1.165, 1.54) is 6.33 Å². The molecular formula is C19H19N5O. The van der Waals surface area contributed by atoms with Crippen LogP contribution in [-0.4, -0.2) is 26.7 Å². The van der Waals surface area contributed by atoms with E-state index in [-0.39, 0.29) is 23.9 Å². The van der Waals surface area contributed by atoms with Gasteiger partial charge in [-0.25, -0.2) is 4.68 Å². The van der Waals surface area contributed by atoms with Crippen molar-refractivity contribution >= 4 is 17.5 Å². The molecule has 126 valence electrons. The van der Waals surface area contributed by atoms with E-state index in [9.17, 15) is 4.79 Å². The number of carbonyl (C=O) groups is 1. The average Bonchev–Trinajstić information content (AvgIpc) is 3.10. The first-order chi connectivity index (χ1) is 12.2. The highest BCUT2D eigenvalue weighted by Crippen LogP contribution is 2.36. The van der Waals surface area contributed by atoms with Crippen LogP contribution >= 0.6 is 0 Å². The van der Waals surface area contributed by atoms with Gasteiger partial charge in [0, 0.05) is 11.7 Å². The lowest BCUT2D eigenvalue weighted by atomic mass is 9.85. The Balaban J connectivity index is 1.72. The molecule has 0 radical (unpaired) electrons. The number of nitrogens with zero attached hydrogens (tertiary/aromatic N) is 3. The van der Waals surface area contributed by atoms with E-state index in [1.807, 2.05) is 67.6 Å². The zero-order valence-corrected chi connectivity index (χ0v) is 13.8. The molecule has 0 unspecified atom stereocenters. The van der Waals surface area contributed by atoms with Crippen molar-refractivity contribution in [2.75, 3.05) is 10.6 Å². The Hall–Kier alpha value is -3.15. The number of hydrogen-bond donors (Lipinski definition) is 2. The summed E-state index contributed by atoms with van der Waals surface area (Å²) in [5.41, 5.74) is 1.83. The third-order valence-electron chi connectivity index (χ3n) is 4.56. The summed E-state index contributed by atoms with van der Waals surface area (Å²) < 4.78 is 1.80. The maximum absolute atomic E-state index is 13.1. The Bertz CT molecular complexity index is 862. The number of amides is 1. The fourth-order valence-electron chi connectivity index (χ4n) is 3.39. The van der Waals surface area contributed by atoms with Gasteiger partial charge in [0.05, 0.1) is 12.0 Å². The molecule has 1 aliphatic rings. The molecule has 1 aliphatic heterocycles. The van der Waals surface area contributed by atoms with Gasteiger partial charge in [-0.05, 0) is 24.6 Å². The molecule has 0 aliphatic carbocycles. The molecule has 0 bridgehead atoms. The zero-order chi connectivity index (χ0) is 17.2. The van der Waals surface area contributed by atoms with Gasteiger partial charge in [-0.1, -0.05) is 48.5 Å². The minimum atomic E-state index is -0.322. The van der Waals surface area contributed by atoms with Gasteiger partial charge < -0.3 is 10.6 Å². The fourth-order valence-corrected chi connectivity index (χ4v) is 3.39. The normalized spacial score (nSPS) is 21.9. The van der Waals surface area contributed by atoms with Crippen LogP contribution in [0.1, 0.15) is 18.5 Å². The molecule has 0 saturated carbocycles. The second-order valence-corrected chi connectivity index (χ2v) is 6.20. The van der Waals surface area contributed by atoms with Crippen molar-refractivity contribution in [2.45, 2.75) is 19.0 Å². The largest absolute Gasteiger partial charge is 0.351 e. The molecule has 6 nitrogen and oxygen atoms in total. The van der Waals surface area contributed by atoms with Crippen LogP contribution in [0.3, 0.4) is 0 Å². The number of nitrogens with one attached hydrogen (secondary N) is 2.